The number of benzene rings is 2. The first-order valence-electron chi connectivity index (χ1n) is 21.1. The number of nitrogens with one attached hydrogen (secondary N) is 6. The molecule has 0 spiro atoms. The van der Waals surface area contributed by atoms with Gasteiger partial charge in [0.15, 0.2) is 0 Å². The Morgan fingerprint density at radius 2 is 1.42 bits per heavy atom. The third-order valence-corrected chi connectivity index (χ3v) is 11.9. The van der Waals surface area contributed by atoms with Crippen LogP contribution in [0.1, 0.15) is 95.0 Å². The molecule has 0 heterocycles. The summed E-state index contributed by atoms with van der Waals surface area (Å²) in [4.78, 5) is 84.7. The highest BCUT2D eigenvalue weighted by atomic mass is 35.5. The second-order valence-electron chi connectivity index (χ2n) is 15.5. The maximum absolute atomic E-state index is 14.4. The average molecular weight is 921 g/mol. The number of carbonyl (C=O) groups is 6. The van der Waals surface area contributed by atoms with Crippen LogP contribution < -0.4 is 31.9 Å². The van der Waals surface area contributed by atoms with E-state index in [1.165, 1.54) is 30.3 Å². The minimum absolute atomic E-state index is 0.0362. The topological polar surface area (TPSA) is 218 Å². The number of phenols is 1. The maximum atomic E-state index is 14.4. The molecule has 3 rings (SSSR count). The van der Waals surface area contributed by atoms with Gasteiger partial charge in [0.2, 0.25) is 23.6 Å². The molecule has 8 N–H and O–H groups in total. The van der Waals surface area contributed by atoms with Gasteiger partial charge < -0.3 is 41.7 Å². The van der Waals surface area contributed by atoms with Crippen LogP contribution in [0.5, 0.6) is 5.75 Å². The summed E-state index contributed by atoms with van der Waals surface area (Å²) in [5.74, 6) is -5.08. The number of carbonyl (C=O) groups excluding carboxylic acids is 6. The molecule has 0 unspecified atom stereocenters. The number of nitrogens with zero attached hydrogens (tertiary/aromatic N) is 1. The Hall–Kier alpha value is -4.59. The van der Waals surface area contributed by atoms with Gasteiger partial charge in [0.25, 0.3) is 11.8 Å². The Morgan fingerprint density at radius 1 is 0.790 bits per heavy atom. The van der Waals surface area contributed by atoms with Crippen LogP contribution in [0, 0.1) is 24.3 Å². The van der Waals surface area contributed by atoms with Gasteiger partial charge in [-0.15, -0.1) is 0 Å². The standard InChI is InChI=1S/C44H60Cl3N7O8/c1-6-26(5)37(43(61)49-33(16-12-13-19-54(8-3)9-4)41(59)51-35(25-55)40(58)48-7-2)52-44(62)38(28-14-10-11-15-28)53-42(60)34(21-27-17-18-36(56)32(47)20-27)50-39(57)29-22-30(45)24-31(46)23-29/h2,17-18,20,22-24,26,28,33-35,37-38,55-56H,6,8-16,19,21,25H2,1,3-5H3,(H,48,58)(H,49,61)(H,50,57)(H,51,59)(H,52,62)(H,53,60)/t26-,33-,34-,35-,37-,38-/m0/s1. The van der Waals surface area contributed by atoms with Crippen molar-refractivity contribution in [2.24, 2.45) is 11.8 Å². The predicted molar refractivity (Wildman–Crippen MR) is 239 cm³/mol. The van der Waals surface area contributed by atoms with Crippen LogP contribution in [-0.4, -0.2) is 107 Å². The number of amides is 6. The fourth-order valence-electron chi connectivity index (χ4n) is 7.31. The van der Waals surface area contributed by atoms with Crippen LogP contribution >= 0.6 is 34.8 Å². The Morgan fingerprint density at radius 3 is 2.00 bits per heavy atom. The highest BCUT2D eigenvalue weighted by Gasteiger charge is 2.38. The molecule has 0 bridgehead atoms. The molecule has 18 heteroatoms. The SMILES string of the molecule is C#CNC(=O)[C@H](CO)NC(=O)[C@H](CCCCN(CC)CC)NC(=O)[C@@H](NC(=O)[C@@H](NC(=O)[C@H](Cc1ccc(O)c(Cl)c1)NC(=O)c1cc(Cl)cc(Cl)c1)C1CCCC1)[C@@H](C)CC. The van der Waals surface area contributed by atoms with Gasteiger partial charge in [-0.3, -0.25) is 34.1 Å². The van der Waals surface area contributed by atoms with Crippen molar-refractivity contribution in [3.05, 3.63) is 62.6 Å². The molecule has 0 saturated heterocycles. The summed E-state index contributed by atoms with van der Waals surface area (Å²) in [7, 11) is 0. The highest BCUT2D eigenvalue weighted by molar-refractivity contribution is 6.35. The van der Waals surface area contributed by atoms with Crippen LogP contribution in [-0.2, 0) is 30.4 Å². The molecule has 6 amide bonds. The zero-order valence-electron chi connectivity index (χ0n) is 35.7. The number of aliphatic hydroxyl groups is 1. The number of hydrogen-bond acceptors (Lipinski definition) is 9. The van der Waals surface area contributed by atoms with Crippen molar-refractivity contribution in [3.63, 3.8) is 0 Å². The van der Waals surface area contributed by atoms with Crippen LogP contribution in [0.2, 0.25) is 15.1 Å². The summed E-state index contributed by atoms with van der Waals surface area (Å²) in [5, 5.41) is 36.1. The van der Waals surface area contributed by atoms with E-state index in [0.717, 1.165) is 32.5 Å². The summed E-state index contributed by atoms with van der Waals surface area (Å²) in [6.45, 7) is 9.42. The van der Waals surface area contributed by atoms with Crippen molar-refractivity contribution in [3.8, 4) is 18.2 Å². The summed E-state index contributed by atoms with van der Waals surface area (Å²) in [6, 6.07) is 4.55. The number of aliphatic hydroxyl groups excluding tert-OH is 1. The number of phenolic OH excluding ortho intramolecular Hbond substituents is 1. The molecule has 1 fully saturated rings. The normalized spacial score (nSPS) is 15.5. The van der Waals surface area contributed by atoms with Gasteiger partial charge >= 0.3 is 0 Å². The molecular weight excluding hydrogens is 861 g/mol. The largest absolute Gasteiger partial charge is 0.506 e. The van der Waals surface area contributed by atoms with Crippen molar-refractivity contribution < 1.29 is 39.0 Å². The van der Waals surface area contributed by atoms with Crippen LogP contribution in [0.25, 0.3) is 0 Å². The van der Waals surface area contributed by atoms with Crippen molar-refractivity contribution in [1.29, 1.82) is 0 Å². The fourth-order valence-corrected chi connectivity index (χ4v) is 8.04. The first-order chi connectivity index (χ1) is 29.5. The molecule has 0 aliphatic heterocycles. The van der Waals surface area contributed by atoms with E-state index in [9.17, 15) is 39.0 Å². The molecule has 0 radical (unpaired) electrons. The molecule has 0 aromatic heterocycles. The first kappa shape index (κ1) is 51.8. The van der Waals surface area contributed by atoms with Crippen molar-refractivity contribution >= 4 is 70.2 Å². The number of rotatable bonds is 24. The lowest BCUT2D eigenvalue weighted by molar-refractivity contribution is -0.136. The van der Waals surface area contributed by atoms with E-state index in [1.807, 2.05) is 26.8 Å². The zero-order chi connectivity index (χ0) is 45.9. The Bertz CT molecular complexity index is 1880. The Balaban J connectivity index is 1.91. The molecule has 1 aliphatic carbocycles. The van der Waals surface area contributed by atoms with E-state index in [0.29, 0.717) is 37.7 Å². The molecule has 2 aromatic carbocycles. The average Bonchev–Trinajstić information content (AvgIpc) is 3.78. The first-order valence-corrected chi connectivity index (χ1v) is 22.2. The smallest absolute Gasteiger partial charge is 0.256 e. The molecule has 1 aliphatic rings. The fraction of sp³-hybridized carbons (Fsp3) is 0.545. The number of unbranched alkanes of at least 4 members (excludes halogenated alkanes) is 1. The van der Waals surface area contributed by atoms with Crippen molar-refractivity contribution in [2.75, 3.05) is 26.2 Å². The summed E-state index contributed by atoms with van der Waals surface area (Å²) in [5.41, 5.74) is 0.594. The highest BCUT2D eigenvalue weighted by Crippen LogP contribution is 2.29. The molecular formula is C44H60Cl3N7O8. The molecule has 62 heavy (non-hydrogen) atoms. The Labute approximate surface area is 379 Å². The Kier molecular flexibility index (Phi) is 21.8. The van der Waals surface area contributed by atoms with Gasteiger partial charge in [-0.2, -0.15) is 0 Å². The predicted octanol–water partition coefficient (Wildman–Crippen LogP) is 4.08. The van der Waals surface area contributed by atoms with Crippen LogP contribution in [0.3, 0.4) is 0 Å². The number of aromatic hydroxyl groups is 1. The summed E-state index contributed by atoms with van der Waals surface area (Å²) >= 11 is 18.5. The minimum Gasteiger partial charge on any atom is -0.506 e. The van der Waals surface area contributed by atoms with Gasteiger partial charge in [0.05, 0.1) is 11.6 Å². The zero-order valence-corrected chi connectivity index (χ0v) is 38.0. The number of halogens is 3. The van der Waals surface area contributed by atoms with E-state index in [1.54, 1.807) is 13.0 Å². The van der Waals surface area contributed by atoms with Crippen molar-refractivity contribution in [1.82, 2.24) is 36.8 Å². The van der Waals surface area contributed by atoms with Gasteiger partial charge in [0, 0.05) is 28.1 Å². The lowest BCUT2D eigenvalue weighted by Crippen LogP contribution is -2.61. The van der Waals surface area contributed by atoms with E-state index < -0.39 is 78.2 Å². The summed E-state index contributed by atoms with van der Waals surface area (Å²) < 4.78 is 0. The third-order valence-electron chi connectivity index (χ3n) is 11.2. The van der Waals surface area contributed by atoms with E-state index >= 15 is 0 Å². The van der Waals surface area contributed by atoms with Crippen molar-refractivity contribution in [2.45, 2.75) is 116 Å². The second kappa shape index (κ2) is 26.1. The molecule has 1 saturated carbocycles. The van der Waals surface area contributed by atoms with E-state index in [4.69, 9.17) is 41.2 Å². The quantitative estimate of drug-likeness (QED) is 0.0432. The molecule has 6 atom stereocenters. The lowest BCUT2D eigenvalue weighted by Gasteiger charge is -2.31. The third kappa shape index (κ3) is 16.0. The second-order valence-corrected chi connectivity index (χ2v) is 16.8. The number of hydrogen-bond donors (Lipinski definition) is 8. The van der Waals surface area contributed by atoms with Gasteiger partial charge in [-0.05, 0) is 99.5 Å². The van der Waals surface area contributed by atoms with Gasteiger partial charge in [0.1, 0.15) is 36.0 Å². The van der Waals surface area contributed by atoms with Crippen LogP contribution in [0.15, 0.2) is 36.4 Å². The van der Waals surface area contributed by atoms with Gasteiger partial charge in [-0.25, -0.2) is 0 Å². The molecule has 2 aromatic rings. The molecule has 340 valence electrons. The number of terminal acetylenes is 1. The lowest BCUT2D eigenvalue weighted by atomic mass is 9.93. The van der Waals surface area contributed by atoms with E-state index in [2.05, 4.69) is 36.8 Å². The van der Waals surface area contributed by atoms with Gasteiger partial charge in [-0.1, -0.05) is 94.2 Å². The molecule has 15 nitrogen and oxygen atoms in total. The summed E-state index contributed by atoms with van der Waals surface area (Å²) in [6.07, 6.45) is 9.82. The minimum atomic E-state index is -1.38. The van der Waals surface area contributed by atoms with E-state index in [-0.39, 0.29) is 45.1 Å². The maximum Gasteiger partial charge on any atom is 0.256 e. The monoisotopic (exact) mass is 919 g/mol. The van der Waals surface area contributed by atoms with Crippen LogP contribution in [0.4, 0.5) is 0 Å².